The summed E-state index contributed by atoms with van der Waals surface area (Å²) in [5.74, 6) is -4.42. The lowest BCUT2D eigenvalue weighted by atomic mass is 9.79. The van der Waals surface area contributed by atoms with Crippen LogP contribution in [0.4, 0.5) is 4.39 Å². The molecule has 0 spiro atoms. The summed E-state index contributed by atoms with van der Waals surface area (Å²) in [6.45, 7) is 7.71. The fourth-order valence-electron chi connectivity index (χ4n) is 2.87. The highest BCUT2D eigenvalue weighted by Gasteiger charge is 2.38. The van der Waals surface area contributed by atoms with Gasteiger partial charge in [0.1, 0.15) is 29.3 Å². The number of amides is 1. The number of Topliss-reactive ketones (excluding diaryl/α,β-unsaturated/α-hetero) is 1. The lowest BCUT2D eigenvalue weighted by Gasteiger charge is -2.25. The second kappa shape index (κ2) is 6.90. The van der Waals surface area contributed by atoms with Gasteiger partial charge in [0.05, 0.1) is 0 Å². The Morgan fingerprint density at radius 2 is 1.92 bits per heavy atom. The van der Waals surface area contributed by atoms with E-state index in [1.165, 1.54) is 19.1 Å². The number of hydrogen-bond donors (Lipinski definition) is 2. The predicted octanol–water partition coefficient (Wildman–Crippen LogP) is 2.55. The van der Waals surface area contributed by atoms with Crippen LogP contribution in [-0.4, -0.2) is 34.9 Å². The zero-order chi connectivity index (χ0) is 19.8. The lowest BCUT2D eigenvalue weighted by Crippen LogP contribution is -2.38. The first-order valence-corrected chi connectivity index (χ1v) is 8.21. The number of aryl methyl sites for hydroxylation is 1. The van der Waals surface area contributed by atoms with Crippen molar-refractivity contribution >= 4 is 23.4 Å². The van der Waals surface area contributed by atoms with E-state index in [9.17, 15) is 23.9 Å². The molecule has 1 unspecified atom stereocenters. The molecular weight excluding hydrogens is 341 g/mol. The monoisotopic (exact) mass is 363 g/mol. The Balaban J connectivity index is 2.33. The first-order chi connectivity index (χ1) is 11.9. The Morgan fingerprint density at radius 3 is 2.50 bits per heavy atom. The van der Waals surface area contributed by atoms with Crippen LogP contribution in [0.15, 0.2) is 17.7 Å². The molecule has 6 nitrogen and oxygen atoms in total. The zero-order valence-corrected chi connectivity index (χ0v) is 15.4. The Bertz CT molecular complexity index is 820. The summed E-state index contributed by atoms with van der Waals surface area (Å²) in [5.41, 5.74) is -0.458. The van der Waals surface area contributed by atoms with Crippen molar-refractivity contribution in [3.05, 3.63) is 40.2 Å². The molecule has 1 aromatic rings. The van der Waals surface area contributed by atoms with Gasteiger partial charge in [-0.25, -0.2) is 4.39 Å². The third-order valence-corrected chi connectivity index (χ3v) is 3.99. The number of benzene rings is 1. The maximum atomic E-state index is 14.1. The Kier molecular flexibility index (Phi) is 5.21. The molecule has 7 heteroatoms. The number of halogens is 1. The molecule has 0 aromatic heterocycles. The van der Waals surface area contributed by atoms with Gasteiger partial charge >= 0.3 is 5.97 Å². The minimum absolute atomic E-state index is 0.0659. The van der Waals surface area contributed by atoms with Gasteiger partial charge in [0.25, 0.3) is 5.91 Å². The Labute approximate surface area is 151 Å². The van der Waals surface area contributed by atoms with E-state index in [4.69, 9.17) is 4.74 Å². The Morgan fingerprint density at radius 1 is 1.31 bits per heavy atom. The summed E-state index contributed by atoms with van der Waals surface area (Å²) in [6, 6.07) is 2.68. The van der Waals surface area contributed by atoms with Crippen molar-refractivity contribution in [2.45, 2.75) is 46.1 Å². The van der Waals surface area contributed by atoms with Crippen molar-refractivity contribution in [3.63, 3.8) is 0 Å². The fourth-order valence-corrected chi connectivity index (χ4v) is 2.87. The van der Waals surface area contributed by atoms with Crippen molar-refractivity contribution < 1.29 is 28.6 Å². The van der Waals surface area contributed by atoms with Crippen LogP contribution in [0, 0.1) is 12.7 Å². The summed E-state index contributed by atoms with van der Waals surface area (Å²) < 4.78 is 19.2. The summed E-state index contributed by atoms with van der Waals surface area (Å²) in [6.07, 6.45) is 0. The summed E-state index contributed by atoms with van der Waals surface area (Å²) in [5, 5.41) is 12.7. The van der Waals surface area contributed by atoms with Gasteiger partial charge in [-0.2, -0.15) is 0 Å². The first kappa shape index (κ1) is 19.6. The molecule has 1 amide bonds. The topological polar surface area (TPSA) is 92.7 Å². The average Bonchev–Trinajstić information content (AvgIpc) is 2.51. The van der Waals surface area contributed by atoms with Gasteiger partial charge in [-0.1, -0.05) is 13.0 Å². The molecule has 1 aliphatic carbocycles. The van der Waals surface area contributed by atoms with Crippen LogP contribution in [0.1, 0.15) is 50.3 Å². The smallest absolute Gasteiger partial charge is 0.325 e. The molecule has 1 aromatic carbocycles. The van der Waals surface area contributed by atoms with Gasteiger partial charge in [0.15, 0.2) is 5.78 Å². The lowest BCUT2D eigenvalue weighted by molar-refractivity contribution is -0.154. The molecule has 0 heterocycles. The number of hydrogen-bond acceptors (Lipinski definition) is 5. The first-order valence-electron chi connectivity index (χ1n) is 8.21. The van der Waals surface area contributed by atoms with Crippen molar-refractivity contribution in [1.82, 2.24) is 5.32 Å². The van der Waals surface area contributed by atoms with E-state index in [0.717, 1.165) is 0 Å². The molecule has 0 bridgehead atoms. The average molecular weight is 363 g/mol. The van der Waals surface area contributed by atoms with Crippen LogP contribution in [0.3, 0.4) is 0 Å². The number of aliphatic hydroxyl groups excluding tert-OH is 1. The van der Waals surface area contributed by atoms with Gasteiger partial charge in [-0.3, -0.25) is 14.4 Å². The molecule has 0 fully saturated rings. The van der Waals surface area contributed by atoms with Crippen LogP contribution in [0.2, 0.25) is 0 Å². The van der Waals surface area contributed by atoms with E-state index in [1.807, 2.05) is 0 Å². The second-order valence-electron chi connectivity index (χ2n) is 7.23. The number of carbonyl (C=O) groups is 3. The molecule has 2 rings (SSSR count). The third-order valence-electron chi connectivity index (χ3n) is 3.99. The van der Waals surface area contributed by atoms with E-state index in [0.29, 0.717) is 5.56 Å². The van der Waals surface area contributed by atoms with E-state index in [2.05, 4.69) is 5.32 Å². The molecule has 140 valence electrons. The van der Waals surface area contributed by atoms with Crippen LogP contribution >= 0.6 is 0 Å². The molecular formula is C19H22FNO5. The predicted molar refractivity (Wildman–Crippen MR) is 93.0 cm³/mol. The van der Waals surface area contributed by atoms with Crippen molar-refractivity contribution in [2.24, 2.45) is 0 Å². The SMILES string of the molecule is Cc1ccc(F)c2c1C(O)=C(C(=O)NCC(=O)OC(C)(C)C)C(=O)C2C. The molecule has 2 N–H and O–H groups in total. The highest BCUT2D eigenvalue weighted by molar-refractivity contribution is 6.27. The maximum Gasteiger partial charge on any atom is 0.325 e. The highest BCUT2D eigenvalue weighted by atomic mass is 19.1. The van der Waals surface area contributed by atoms with Gasteiger partial charge in [0.2, 0.25) is 0 Å². The molecule has 0 radical (unpaired) electrons. The van der Waals surface area contributed by atoms with Crippen molar-refractivity contribution in [1.29, 1.82) is 0 Å². The molecule has 26 heavy (non-hydrogen) atoms. The normalized spacial score (nSPS) is 17.0. The number of rotatable bonds is 3. The maximum absolute atomic E-state index is 14.1. The zero-order valence-electron chi connectivity index (χ0n) is 15.4. The number of ketones is 1. The fraction of sp³-hybridized carbons (Fsp3) is 0.421. The standard InChI is InChI=1S/C19H22FNO5/c1-9-6-7-11(20)14-10(2)16(23)15(17(24)13(9)14)18(25)21-8-12(22)26-19(3,4)5/h6-7,10,24H,8H2,1-5H3,(H,21,25). The molecule has 0 saturated carbocycles. The van der Waals surface area contributed by atoms with Gasteiger partial charge in [-0.05, 0) is 39.3 Å². The Hall–Kier alpha value is -2.70. The van der Waals surface area contributed by atoms with Crippen molar-refractivity contribution in [3.8, 4) is 0 Å². The van der Waals surface area contributed by atoms with Gasteiger partial charge in [0, 0.05) is 17.0 Å². The van der Waals surface area contributed by atoms with Gasteiger partial charge < -0.3 is 15.2 Å². The van der Waals surface area contributed by atoms with E-state index in [1.54, 1.807) is 27.7 Å². The third kappa shape index (κ3) is 3.76. The summed E-state index contributed by atoms with van der Waals surface area (Å²) in [4.78, 5) is 36.6. The van der Waals surface area contributed by atoms with Crippen molar-refractivity contribution in [2.75, 3.05) is 6.54 Å². The van der Waals surface area contributed by atoms with Crippen LogP contribution in [0.25, 0.3) is 5.76 Å². The number of nitrogens with one attached hydrogen (secondary N) is 1. The summed E-state index contributed by atoms with van der Waals surface area (Å²) in [7, 11) is 0. The number of esters is 1. The second-order valence-corrected chi connectivity index (χ2v) is 7.23. The van der Waals surface area contributed by atoms with Crippen LogP contribution in [0.5, 0.6) is 0 Å². The van der Waals surface area contributed by atoms with E-state index in [-0.39, 0.29) is 11.1 Å². The largest absolute Gasteiger partial charge is 0.506 e. The van der Waals surface area contributed by atoms with Gasteiger partial charge in [-0.15, -0.1) is 0 Å². The molecule has 0 saturated heterocycles. The van der Waals surface area contributed by atoms with Crippen LogP contribution < -0.4 is 5.32 Å². The quantitative estimate of drug-likeness (QED) is 0.636. The molecule has 0 aliphatic heterocycles. The number of ether oxygens (including phenoxy) is 1. The van der Waals surface area contributed by atoms with E-state index >= 15 is 0 Å². The highest BCUT2D eigenvalue weighted by Crippen LogP contribution is 2.38. The minimum atomic E-state index is -0.928. The van der Waals surface area contributed by atoms with E-state index < -0.39 is 52.9 Å². The number of aliphatic hydroxyl groups is 1. The number of carbonyl (C=O) groups excluding carboxylic acids is 3. The summed E-state index contributed by atoms with van der Waals surface area (Å²) >= 11 is 0. The molecule has 1 aliphatic rings. The minimum Gasteiger partial charge on any atom is -0.506 e. The number of fused-ring (bicyclic) bond motifs is 1. The molecule has 1 atom stereocenters. The van der Waals surface area contributed by atoms with Crippen LogP contribution in [-0.2, 0) is 19.1 Å².